The number of primary amides is 1. The minimum absolute atomic E-state index is 0.0447. The standard InChI is InChI=1S/C29H32N6O3/c1-33(2)16-6-9-25(36)34-17-14-20(15-18-34)24-19-31-35-27(28(30)37)26(32-29(24)35)21-10-12-23(13-11-21)38-22-7-4-3-5-8-22/h3-13,19-20,32H,14-18H2,1-2H3,(H2,30,37)/b9-6+. The van der Waals surface area contributed by atoms with Crippen LogP contribution in [-0.4, -0.2) is 69.9 Å². The number of hydrogen-bond donors (Lipinski definition) is 2. The van der Waals surface area contributed by atoms with Crippen LogP contribution in [0.25, 0.3) is 16.9 Å². The normalized spacial score (nSPS) is 14.6. The van der Waals surface area contributed by atoms with E-state index in [1.54, 1.807) is 16.8 Å². The topological polar surface area (TPSA) is 109 Å². The number of piperidine rings is 1. The van der Waals surface area contributed by atoms with Gasteiger partial charge in [0.05, 0.1) is 11.9 Å². The molecule has 2 aromatic heterocycles. The lowest BCUT2D eigenvalue weighted by atomic mass is 9.91. The van der Waals surface area contributed by atoms with Gasteiger partial charge in [-0.3, -0.25) is 9.59 Å². The van der Waals surface area contributed by atoms with E-state index in [-0.39, 0.29) is 11.8 Å². The van der Waals surface area contributed by atoms with Crippen molar-refractivity contribution in [2.75, 3.05) is 33.7 Å². The van der Waals surface area contributed by atoms with Crippen molar-refractivity contribution >= 4 is 17.5 Å². The van der Waals surface area contributed by atoms with Crippen LogP contribution in [0, 0.1) is 0 Å². The molecular formula is C29H32N6O3. The Hall–Kier alpha value is -4.37. The molecule has 0 aliphatic carbocycles. The molecular weight excluding hydrogens is 480 g/mol. The maximum absolute atomic E-state index is 12.5. The van der Waals surface area contributed by atoms with Gasteiger partial charge in [0, 0.05) is 36.8 Å². The quantitative estimate of drug-likeness (QED) is 0.346. The van der Waals surface area contributed by atoms with Gasteiger partial charge in [-0.15, -0.1) is 0 Å². The lowest BCUT2D eigenvalue weighted by Gasteiger charge is -2.31. The molecule has 0 bridgehead atoms. The van der Waals surface area contributed by atoms with Crippen LogP contribution in [0.3, 0.4) is 0 Å². The predicted octanol–water partition coefficient (Wildman–Crippen LogP) is 4.04. The summed E-state index contributed by atoms with van der Waals surface area (Å²) in [5, 5.41) is 4.51. The molecule has 0 unspecified atom stereocenters. The van der Waals surface area contributed by atoms with E-state index in [0.29, 0.717) is 30.2 Å². The molecule has 9 heteroatoms. The molecule has 1 aliphatic heterocycles. The fourth-order valence-electron chi connectivity index (χ4n) is 4.87. The van der Waals surface area contributed by atoms with Gasteiger partial charge in [0.1, 0.15) is 17.1 Å². The van der Waals surface area contributed by atoms with E-state index in [0.717, 1.165) is 41.9 Å². The van der Waals surface area contributed by atoms with Crippen LogP contribution in [-0.2, 0) is 4.79 Å². The summed E-state index contributed by atoms with van der Waals surface area (Å²) in [4.78, 5) is 32.3. The molecule has 0 radical (unpaired) electrons. The summed E-state index contributed by atoms with van der Waals surface area (Å²) in [6.45, 7) is 2.08. The molecule has 2 aromatic carbocycles. The van der Waals surface area contributed by atoms with Gasteiger partial charge >= 0.3 is 0 Å². The van der Waals surface area contributed by atoms with Crippen molar-refractivity contribution < 1.29 is 14.3 Å². The summed E-state index contributed by atoms with van der Waals surface area (Å²) >= 11 is 0. The third-order valence-corrected chi connectivity index (χ3v) is 6.82. The number of ether oxygens (including phenoxy) is 1. The van der Waals surface area contributed by atoms with Crippen LogP contribution in [0.15, 0.2) is 72.9 Å². The second kappa shape index (κ2) is 10.9. The van der Waals surface area contributed by atoms with Crippen molar-refractivity contribution in [1.82, 2.24) is 24.4 Å². The van der Waals surface area contributed by atoms with Crippen LogP contribution in [0.4, 0.5) is 0 Å². The number of carbonyl (C=O) groups is 2. The Balaban J connectivity index is 1.34. The smallest absolute Gasteiger partial charge is 0.269 e. The summed E-state index contributed by atoms with van der Waals surface area (Å²) in [6.07, 6.45) is 6.99. The first-order valence-electron chi connectivity index (χ1n) is 12.7. The number of amides is 2. The number of benzene rings is 2. The molecule has 0 atom stereocenters. The number of likely N-dealkylation sites (N-methyl/N-ethyl adjacent to an activating group) is 1. The molecule has 2 amide bonds. The molecule has 1 fully saturated rings. The van der Waals surface area contributed by atoms with Gasteiger partial charge in [0.2, 0.25) is 5.91 Å². The Morgan fingerprint density at radius 2 is 1.76 bits per heavy atom. The van der Waals surface area contributed by atoms with E-state index in [1.165, 1.54) is 0 Å². The second-order valence-electron chi connectivity index (χ2n) is 9.78. The first kappa shape index (κ1) is 25.3. The highest BCUT2D eigenvalue weighted by Crippen LogP contribution is 2.34. The summed E-state index contributed by atoms with van der Waals surface area (Å²) in [5.74, 6) is 1.14. The summed E-state index contributed by atoms with van der Waals surface area (Å²) in [7, 11) is 3.94. The van der Waals surface area contributed by atoms with Gasteiger partial charge in [0.15, 0.2) is 5.69 Å². The maximum Gasteiger partial charge on any atom is 0.269 e. The maximum atomic E-state index is 12.5. The number of nitrogens with one attached hydrogen (secondary N) is 1. The van der Waals surface area contributed by atoms with Gasteiger partial charge in [-0.05, 0) is 69.3 Å². The van der Waals surface area contributed by atoms with Crippen molar-refractivity contribution in [3.8, 4) is 22.8 Å². The number of nitrogens with two attached hydrogens (primary N) is 1. The molecule has 196 valence electrons. The number of carbonyl (C=O) groups excluding carboxylic acids is 2. The fraction of sp³-hybridized carbons (Fsp3) is 0.276. The molecule has 0 saturated carbocycles. The summed E-state index contributed by atoms with van der Waals surface area (Å²) in [6, 6.07) is 17.1. The van der Waals surface area contributed by atoms with Crippen molar-refractivity contribution in [2.24, 2.45) is 5.73 Å². The SMILES string of the molecule is CN(C)C/C=C/C(=O)N1CCC(c2cnn3c(C(N)=O)c(-c4ccc(Oc5ccccc5)cc4)[nH]c23)CC1. The highest BCUT2D eigenvalue weighted by molar-refractivity contribution is 5.98. The van der Waals surface area contributed by atoms with E-state index in [1.807, 2.05) is 84.6 Å². The minimum Gasteiger partial charge on any atom is -0.457 e. The van der Waals surface area contributed by atoms with Gasteiger partial charge in [0.25, 0.3) is 5.91 Å². The van der Waals surface area contributed by atoms with Crippen LogP contribution in [0.2, 0.25) is 0 Å². The van der Waals surface area contributed by atoms with E-state index in [4.69, 9.17) is 10.5 Å². The third kappa shape index (κ3) is 5.33. The van der Waals surface area contributed by atoms with Crippen molar-refractivity contribution in [3.63, 3.8) is 0 Å². The molecule has 5 rings (SSSR count). The molecule has 1 aliphatic rings. The van der Waals surface area contributed by atoms with Gasteiger partial charge in [-0.25, -0.2) is 4.52 Å². The number of H-pyrrole nitrogens is 1. The van der Waals surface area contributed by atoms with E-state index < -0.39 is 5.91 Å². The van der Waals surface area contributed by atoms with Crippen LogP contribution < -0.4 is 10.5 Å². The molecule has 4 aromatic rings. The van der Waals surface area contributed by atoms with E-state index in [2.05, 4.69) is 10.1 Å². The van der Waals surface area contributed by atoms with Crippen LogP contribution in [0.5, 0.6) is 11.5 Å². The third-order valence-electron chi connectivity index (χ3n) is 6.82. The highest BCUT2D eigenvalue weighted by Gasteiger charge is 2.28. The Bertz CT molecular complexity index is 1440. The van der Waals surface area contributed by atoms with Crippen molar-refractivity contribution in [2.45, 2.75) is 18.8 Å². The fourth-order valence-corrected chi connectivity index (χ4v) is 4.87. The molecule has 1 saturated heterocycles. The Morgan fingerprint density at radius 1 is 1.08 bits per heavy atom. The van der Waals surface area contributed by atoms with Crippen LogP contribution >= 0.6 is 0 Å². The zero-order valence-corrected chi connectivity index (χ0v) is 21.6. The minimum atomic E-state index is -0.560. The average Bonchev–Trinajstić information content (AvgIpc) is 3.49. The first-order chi connectivity index (χ1) is 18.4. The Labute approximate surface area is 221 Å². The lowest BCUT2D eigenvalue weighted by Crippen LogP contribution is -2.37. The number of hydrogen-bond acceptors (Lipinski definition) is 5. The number of rotatable bonds is 8. The Kier molecular flexibility index (Phi) is 7.28. The van der Waals surface area contributed by atoms with Crippen molar-refractivity contribution in [1.29, 1.82) is 0 Å². The monoisotopic (exact) mass is 512 g/mol. The number of fused-ring (bicyclic) bond motifs is 1. The number of aromatic nitrogens is 3. The number of aromatic amines is 1. The zero-order valence-electron chi connectivity index (χ0n) is 21.6. The highest BCUT2D eigenvalue weighted by atomic mass is 16.5. The van der Waals surface area contributed by atoms with Gasteiger partial charge < -0.3 is 25.3 Å². The predicted molar refractivity (Wildman–Crippen MR) is 146 cm³/mol. The summed E-state index contributed by atoms with van der Waals surface area (Å²) < 4.78 is 7.49. The number of likely N-dealkylation sites (tertiary alicyclic amines) is 1. The van der Waals surface area contributed by atoms with Gasteiger partial charge in [-0.1, -0.05) is 24.3 Å². The van der Waals surface area contributed by atoms with Gasteiger partial charge in [-0.2, -0.15) is 5.10 Å². The number of nitrogens with zero attached hydrogens (tertiary/aromatic N) is 4. The van der Waals surface area contributed by atoms with Crippen molar-refractivity contribution in [3.05, 3.63) is 84.2 Å². The number of imidazole rings is 1. The zero-order chi connectivity index (χ0) is 26.6. The molecule has 38 heavy (non-hydrogen) atoms. The largest absolute Gasteiger partial charge is 0.457 e. The van der Waals surface area contributed by atoms with E-state index in [9.17, 15) is 9.59 Å². The van der Waals surface area contributed by atoms with Crippen LogP contribution in [0.1, 0.15) is 34.8 Å². The molecule has 0 spiro atoms. The average molecular weight is 513 g/mol. The second-order valence-corrected chi connectivity index (χ2v) is 9.78. The van der Waals surface area contributed by atoms with E-state index >= 15 is 0 Å². The molecule has 9 nitrogen and oxygen atoms in total. The number of para-hydroxylation sites is 1. The summed E-state index contributed by atoms with van der Waals surface area (Å²) in [5.41, 5.74) is 9.31. The lowest BCUT2D eigenvalue weighted by molar-refractivity contribution is -0.127. The first-order valence-corrected chi connectivity index (χ1v) is 12.7. The molecule has 3 N–H and O–H groups in total. The Morgan fingerprint density at radius 3 is 2.42 bits per heavy atom. The molecule has 3 heterocycles.